The molecule has 2 aromatic carbocycles. The van der Waals surface area contributed by atoms with Gasteiger partial charge in [-0.2, -0.15) is 0 Å². The average Bonchev–Trinajstić information content (AvgIpc) is 2.54. The lowest BCUT2D eigenvalue weighted by atomic mass is 9.98. The number of carbonyl (C=O) groups is 2. The zero-order valence-corrected chi connectivity index (χ0v) is 13.5. The molecule has 3 N–H and O–H groups in total. The number of amides is 1. The molecule has 7 nitrogen and oxygen atoms in total. The molecule has 25 heavy (non-hydrogen) atoms. The van der Waals surface area contributed by atoms with E-state index in [4.69, 9.17) is 9.88 Å². The molecule has 0 aliphatic carbocycles. The molecule has 3 rings (SSSR count). The summed E-state index contributed by atoms with van der Waals surface area (Å²) in [4.78, 5) is 24.1. The minimum atomic E-state index is -3.83. The lowest BCUT2D eigenvalue weighted by Crippen LogP contribution is -2.38. The van der Waals surface area contributed by atoms with Gasteiger partial charge in [-0.3, -0.25) is 4.79 Å². The van der Waals surface area contributed by atoms with Gasteiger partial charge in [0.25, 0.3) is 5.91 Å². The summed E-state index contributed by atoms with van der Waals surface area (Å²) in [6.45, 7) is 0. The Morgan fingerprint density at radius 1 is 1.20 bits per heavy atom. The van der Waals surface area contributed by atoms with Gasteiger partial charge in [0, 0.05) is 12.1 Å². The van der Waals surface area contributed by atoms with Crippen molar-refractivity contribution in [2.45, 2.75) is 17.4 Å². The number of carbonyl (C=O) groups excluding carboxylic acids is 2. The van der Waals surface area contributed by atoms with Crippen LogP contribution in [0.2, 0.25) is 0 Å². The molecule has 9 heteroatoms. The van der Waals surface area contributed by atoms with Crippen LogP contribution in [0, 0.1) is 5.82 Å². The second-order valence-electron chi connectivity index (χ2n) is 5.46. The Bertz CT molecular complexity index is 957. The molecule has 0 spiro atoms. The third kappa shape index (κ3) is 3.67. The first kappa shape index (κ1) is 17.1. The molecule has 0 bridgehead atoms. The number of fused-ring (bicyclic) bond motifs is 1. The van der Waals surface area contributed by atoms with Crippen molar-refractivity contribution in [3.05, 3.63) is 59.4 Å². The SMILES string of the molecule is NS(=O)(=O)c1ccc(NC(=O)C2Cc3cc(F)ccc3C(=O)O2)cc1. The fourth-order valence-corrected chi connectivity index (χ4v) is 2.98. The molecule has 0 fully saturated rings. The molecular formula is C16H13FN2O5S. The third-order valence-electron chi connectivity index (χ3n) is 3.68. The van der Waals surface area contributed by atoms with Gasteiger partial charge >= 0.3 is 5.97 Å². The van der Waals surface area contributed by atoms with Crippen LogP contribution < -0.4 is 10.5 Å². The van der Waals surface area contributed by atoms with Crippen molar-refractivity contribution in [3.8, 4) is 0 Å². The smallest absolute Gasteiger partial charge is 0.339 e. The number of hydrogen-bond acceptors (Lipinski definition) is 5. The Morgan fingerprint density at radius 3 is 2.52 bits per heavy atom. The summed E-state index contributed by atoms with van der Waals surface area (Å²) in [5.74, 6) is -1.82. The molecule has 2 aromatic rings. The molecule has 130 valence electrons. The van der Waals surface area contributed by atoms with E-state index in [1.807, 2.05) is 0 Å². The lowest BCUT2D eigenvalue weighted by molar-refractivity contribution is -0.125. The summed E-state index contributed by atoms with van der Waals surface area (Å²) in [5, 5.41) is 7.51. The van der Waals surface area contributed by atoms with Gasteiger partial charge in [0.15, 0.2) is 6.10 Å². The first-order valence-corrected chi connectivity index (χ1v) is 8.72. The second-order valence-corrected chi connectivity index (χ2v) is 7.02. The van der Waals surface area contributed by atoms with E-state index in [0.717, 1.165) is 6.07 Å². The fourth-order valence-electron chi connectivity index (χ4n) is 2.46. The molecule has 0 saturated carbocycles. The second kappa shape index (κ2) is 6.26. The number of cyclic esters (lactones) is 1. The number of hydrogen-bond donors (Lipinski definition) is 2. The first-order valence-electron chi connectivity index (χ1n) is 7.17. The molecule has 1 heterocycles. The van der Waals surface area contributed by atoms with Crippen LogP contribution >= 0.6 is 0 Å². The summed E-state index contributed by atoms with van der Waals surface area (Å²) in [6, 6.07) is 8.84. The van der Waals surface area contributed by atoms with Gasteiger partial charge in [0.05, 0.1) is 10.5 Å². The number of nitrogens with two attached hydrogens (primary N) is 1. The lowest BCUT2D eigenvalue weighted by Gasteiger charge is -2.23. The van der Waals surface area contributed by atoms with Crippen molar-refractivity contribution in [1.29, 1.82) is 0 Å². The van der Waals surface area contributed by atoms with Crippen molar-refractivity contribution >= 4 is 27.6 Å². The number of benzene rings is 2. The number of sulfonamides is 1. The number of halogens is 1. The minimum absolute atomic E-state index is 0.0416. The Kier molecular flexibility index (Phi) is 4.27. The largest absolute Gasteiger partial charge is 0.448 e. The van der Waals surface area contributed by atoms with Gasteiger partial charge in [-0.15, -0.1) is 0 Å². The van der Waals surface area contributed by atoms with E-state index in [-0.39, 0.29) is 16.9 Å². The van der Waals surface area contributed by atoms with Gasteiger partial charge in [-0.25, -0.2) is 22.7 Å². The highest BCUT2D eigenvalue weighted by Gasteiger charge is 2.31. The summed E-state index contributed by atoms with van der Waals surface area (Å²) in [5.41, 5.74) is 0.919. The van der Waals surface area contributed by atoms with Crippen LogP contribution in [0.5, 0.6) is 0 Å². The number of nitrogens with one attached hydrogen (secondary N) is 1. The maximum Gasteiger partial charge on any atom is 0.339 e. The van der Waals surface area contributed by atoms with E-state index in [9.17, 15) is 22.4 Å². The number of esters is 1. The van der Waals surface area contributed by atoms with E-state index in [1.54, 1.807) is 0 Å². The monoisotopic (exact) mass is 364 g/mol. The van der Waals surface area contributed by atoms with Crippen molar-refractivity contribution in [3.63, 3.8) is 0 Å². The van der Waals surface area contributed by atoms with Crippen molar-refractivity contribution in [1.82, 2.24) is 0 Å². The summed E-state index contributed by atoms with van der Waals surface area (Å²) in [7, 11) is -3.83. The first-order chi connectivity index (χ1) is 11.7. The Balaban J connectivity index is 1.75. The van der Waals surface area contributed by atoms with Crippen LogP contribution in [0.3, 0.4) is 0 Å². The highest BCUT2D eigenvalue weighted by atomic mass is 32.2. The van der Waals surface area contributed by atoms with E-state index >= 15 is 0 Å². The molecule has 1 atom stereocenters. The number of primary sulfonamides is 1. The number of anilines is 1. The normalized spacial score (nSPS) is 16.7. The molecule has 0 radical (unpaired) electrons. The van der Waals surface area contributed by atoms with E-state index in [0.29, 0.717) is 11.3 Å². The van der Waals surface area contributed by atoms with Crippen molar-refractivity contribution in [2.24, 2.45) is 5.14 Å². The Labute approximate surface area is 142 Å². The fraction of sp³-hybridized carbons (Fsp3) is 0.125. The van der Waals surface area contributed by atoms with Gasteiger partial charge in [0.2, 0.25) is 10.0 Å². The molecule has 1 unspecified atom stereocenters. The molecular weight excluding hydrogens is 351 g/mol. The van der Waals surface area contributed by atoms with Crippen LogP contribution in [0.4, 0.5) is 10.1 Å². The zero-order chi connectivity index (χ0) is 18.2. The molecule has 0 saturated heterocycles. The number of rotatable bonds is 3. The van der Waals surface area contributed by atoms with Crippen LogP contribution in [-0.4, -0.2) is 26.4 Å². The predicted octanol–water partition coefficient (Wildman–Crippen LogP) is 1.19. The van der Waals surface area contributed by atoms with E-state index in [1.165, 1.54) is 36.4 Å². The zero-order valence-electron chi connectivity index (χ0n) is 12.7. The summed E-state index contributed by atoms with van der Waals surface area (Å²) in [6.07, 6.45) is -1.07. The highest BCUT2D eigenvalue weighted by Crippen LogP contribution is 2.23. The minimum Gasteiger partial charge on any atom is -0.448 e. The summed E-state index contributed by atoms with van der Waals surface area (Å²) < 4.78 is 40.8. The standard InChI is InChI=1S/C16H13FN2O5S/c17-10-1-6-13-9(7-10)8-14(24-16(13)21)15(20)19-11-2-4-12(5-3-11)25(18,22)23/h1-7,14H,8H2,(H,19,20)(H2,18,22,23). The maximum absolute atomic E-state index is 13.3. The van der Waals surface area contributed by atoms with Crippen LogP contribution in [0.15, 0.2) is 47.4 Å². The van der Waals surface area contributed by atoms with Gasteiger partial charge in [-0.1, -0.05) is 0 Å². The van der Waals surface area contributed by atoms with E-state index < -0.39 is 33.8 Å². The maximum atomic E-state index is 13.3. The number of ether oxygens (including phenoxy) is 1. The third-order valence-corrected chi connectivity index (χ3v) is 4.61. The quantitative estimate of drug-likeness (QED) is 0.794. The van der Waals surface area contributed by atoms with Crippen molar-refractivity contribution in [2.75, 3.05) is 5.32 Å². The molecule has 1 aliphatic rings. The Morgan fingerprint density at radius 2 is 1.88 bits per heavy atom. The molecule has 0 aromatic heterocycles. The van der Waals surface area contributed by atoms with Gasteiger partial charge in [-0.05, 0) is 48.0 Å². The predicted molar refractivity (Wildman–Crippen MR) is 85.8 cm³/mol. The molecule has 1 amide bonds. The topological polar surface area (TPSA) is 116 Å². The van der Waals surface area contributed by atoms with Crippen LogP contribution in [0.25, 0.3) is 0 Å². The van der Waals surface area contributed by atoms with Gasteiger partial charge < -0.3 is 10.1 Å². The van der Waals surface area contributed by atoms with Crippen molar-refractivity contribution < 1.29 is 27.1 Å². The average molecular weight is 364 g/mol. The Hall–Kier alpha value is -2.78. The van der Waals surface area contributed by atoms with Gasteiger partial charge in [0.1, 0.15) is 5.82 Å². The summed E-state index contributed by atoms with van der Waals surface area (Å²) >= 11 is 0. The van der Waals surface area contributed by atoms with Crippen LogP contribution in [0.1, 0.15) is 15.9 Å². The van der Waals surface area contributed by atoms with E-state index in [2.05, 4.69) is 5.32 Å². The molecule has 1 aliphatic heterocycles. The highest BCUT2D eigenvalue weighted by molar-refractivity contribution is 7.89. The van der Waals surface area contributed by atoms with Crippen LogP contribution in [-0.2, 0) is 26.0 Å².